The summed E-state index contributed by atoms with van der Waals surface area (Å²) in [7, 11) is 0. The normalized spacial score (nSPS) is 12.0. The molecule has 0 unspecified atom stereocenters. The fourth-order valence-corrected chi connectivity index (χ4v) is 0.231. The largest absolute Gasteiger partial charge is 0.389 e. The van der Waals surface area contributed by atoms with Crippen molar-refractivity contribution in [2.24, 2.45) is 0 Å². The first-order chi connectivity index (χ1) is 3.06. The van der Waals surface area contributed by atoms with E-state index in [1.165, 1.54) is 6.92 Å². The molecule has 43 valence electrons. The van der Waals surface area contributed by atoms with Crippen LogP contribution in [0.25, 0.3) is 0 Å². The Kier molecular flexibility index (Phi) is 2.12. The third kappa shape index (κ3) is 5.79. The molecule has 0 spiro atoms. The summed E-state index contributed by atoms with van der Waals surface area (Å²) in [6.07, 6.45) is -3.71. The van der Waals surface area contributed by atoms with Crippen molar-refractivity contribution in [2.45, 2.75) is 19.5 Å². The van der Waals surface area contributed by atoms with Gasteiger partial charge in [-0.05, 0) is 6.42 Å². The second-order valence-electron chi connectivity index (χ2n) is 1.23. The Morgan fingerprint density at radius 3 is 1.86 bits per heavy atom. The van der Waals surface area contributed by atoms with Crippen molar-refractivity contribution < 1.29 is 13.2 Å². The molecule has 0 nitrogen and oxygen atoms in total. The Labute approximate surface area is 40.3 Å². The summed E-state index contributed by atoms with van der Waals surface area (Å²) < 4.78 is 33.1. The maximum Gasteiger partial charge on any atom is 0.389 e. The highest BCUT2D eigenvalue weighted by molar-refractivity contribution is 4.61. The van der Waals surface area contributed by atoms with Gasteiger partial charge in [-0.15, -0.1) is 0 Å². The van der Waals surface area contributed by atoms with Crippen molar-refractivity contribution in [1.82, 2.24) is 0 Å². The first-order valence-electron chi connectivity index (χ1n) is 1.91. The lowest BCUT2D eigenvalue weighted by molar-refractivity contribution is -0.127. The number of hydrogen-bond acceptors (Lipinski definition) is 0. The van der Waals surface area contributed by atoms with E-state index in [0.717, 1.165) is 6.42 Å². The van der Waals surface area contributed by atoms with Gasteiger partial charge in [0.25, 0.3) is 0 Å². The van der Waals surface area contributed by atoms with Gasteiger partial charge in [-0.25, -0.2) is 0 Å². The summed E-state index contributed by atoms with van der Waals surface area (Å²) in [6, 6.07) is 0. The van der Waals surface area contributed by atoms with Gasteiger partial charge < -0.3 is 0 Å². The summed E-state index contributed by atoms with van der Waals surface area (Å²) in [5.41, 5.74) is 0. The maximum absolute atomic E-state index is 11.0. The second-order valence-corrected chi connectivity index (χ2v) is 1.23. The van der Waals surface area contributed by atoms with E-state index >= 15 is 0 Å². The average Bonchev–Trinajstić information content (AvgIpc) is 1.30. The van der Waals surface area contributed by atoms with Crippen LogP contribution in [0, 0.1) is 6.42 Å². The molecule has 0 heterocycles. The zero-order valence-electron chi connectivity index (χ0n) is 3.92. The van der Waals surface area contributed by atoms with E-state index in [-0.39, 0.29) is 0 Å². The lowest BCUT2D eigenvalue weighted by Gasteiger charge is -1.99. The number of hydrogen-bond donors (Lipinski definition) is 0. The summed E-state index contributed by atoms with van der Waals surface area (Å²) in [4.78, 5) is 0. The standard InChI is InChI=1S/C4H6F3/c1-2-3-4(5,6)7/h2H,3H2,1H3. The summed E-state index contributed by atoms with van der Waals surface area (Å²) in [6.45, 7) is 1.38. The first-order valence-corrected chi connectivity index (χ1v) is 1.91. The molecule has 0 N–H and O–H groups in total. The summed E-state index contributed by atoms with van der Waals surface area (Å²) in [5.74, 6) is 0. The second kappa shape index (κ2) is 2.19. The molecule has 0 bridgehead atoms. The van der Waals surface area contributed by atoms with E-state index in [4.69, 9.17) is 0 Å². The molecule has 0 fully saturated rings. The minimum atomic E-state index is -4.01. The average molecular weight is 111 g/mol. The molecule has 1 radical (unpaired) electrons. The first kappa shape index (κ1) is 6.79. The Balaban J connectivity index is 3.15. The molecular weight excluding hydrogens is 105 g/mol. The number of rotatable bonds is 1. The van der Waals surface area contributed by atoms with Crippen LogP contribution in [0.4, 0.5) is 13.2 Å². The predicted octanol–water partition coefficient (Wildman–Crippen LogP) is 2.16. The Hall–Kier alpha value is -0.210. The van der Waals surface area contributed by atoms with Gasteiger partial charge in [0.1, 0.15) is 0 Å². The molecule has 0 aliphatic carbocycles. The van der Waals surface area contributed by atoms with Gasteiger partial charge >= 0.3 is 6.18 Å². The Bertz CT molecular complexity index is 45.4. The van der Waals surface area contributed by atoms with E-state index < -0.39 is 12.6 Å². The van der Waals surface area contributed by atoms with Crippen LogP contribution in [0.5, 0.6) is 0 Å². The fourth-order valence-electron chi connectivity index (χ4n) is 0.231. The minimum absolute atomic E-state index is 0.785. The van der Waals surface area contributed by atoms with Crippen LogP contribution >= 0.6 is 0 Å². The van der Waals surface area contributed by atoms with Crippen LogP contribution in [0.15, 0.2) is 0 Å². The van der Waals surface area contributed by atoms with Crippen molar-refractivity contribution in [2.75, 3.05) is 0 Å². The van der Waals surface area contributed by atoms with E-state index in [0.29, 0.717) is 0 Å². The molecule has 0 aromatic carbocycles. The Morgan fingerprint density at radius 1 is 1.43 bits per heavy atom. The van der Waals surface area contributed by atoms with E-state index in [2.05, 4.69) is 0 Å². The highest BCUT2D eigenvalue weighted by Gasteiger charge is 2.24. The van der Waals surface area contributed by atoms with Crippen LogP contribution in [-0.4, -0.2) is 6.18 Å². The van der Waals surface area contributed by atoms with Crippen LogP contribution in [0.1, 0.15) is 13.3 Å². The van der Waals surface area contributed by atoms with Crippen molar-refractivity contribution in [3.8, 4) is 0 Å². The zero-order chi connectivity index (χ0) is 5.91. The van der Waals surface area contributed by atoms with Crippen molar-refractivity contribution in [3.05, 3.63) is 6.42 Å². The lowest BCUT2D eigenvalue weighted by atomic mass is 10.3. The molecule has 0 aliphatic heterocycles. The predicted molar refractivity (Wildman–Crippen MR) is 20.6 cm³/mol. The molecule has 3 heteroatoms. The van der Waals surface area contributed by atoms with E-state index in [1.54, 1.807) is 0 Å². The van der Waals surface area contributed by atoms with Gasteiger partial charge in [0.2, 0.25) is 0 Å². The monoisotopic (exact) mass is 111 g/mol. The van der Waals surface area contributed by atoms with Crippen LogP contribution in [-0.2, 0) is 0 Å². The molecule has 0 rings (SSSR count). The van der Waals surface area contributed by atoms with Crippen molar-refractivity contribution in [1.29, 1.82) is 0 Å². The molecular formula is C4H6F3. The summed E-state index contributed by atoms with van der Waals surface area (Å²) in [5, 5.41) is 0. The third-order valence-electron chi connectivity index (χ3n) is 0.436. The molecule has 0 amide bonds. The molecule has 0 aromatic heterocycles. The zero-order valence-corrected chi connectivity index (χ0v) is 3.92. The lowest BCUT2D eigenvalue weighted by Crippen LogP contribution is -2.05. The van der Waals surface area contributed by atoms with Crippen LogP contribution < -0.4 is 0 Å². The quantitative estimate of drug-likeness (QED) is 0.486. The molecule has 7 heavy (non-hydrogen) atoms. The fraction of sp³-hybridized carbons (Fsp3) is 0.750. The third-order valence-corrected chi connectivity index (χ3v) is 0.436. The van der Waals surface area contributed by atoms with Gasteiger partial charge in [-0.3, -0.25) is 0 Å². The van der Waals surface area contributed by atoms with E-state index in [9.17, 15) is 13.2 Å². The molecule has 0 aromatic rings. The van der Waals surface area contributed by atoms with Crippen LogP contribution in [0.2, 0.25) is 0 Å². The summed E-state index contributed by atoms with van der Waals surface area (Å²) >= 11 is 0. The number of alkyl halides is 3. The van der Waals surface area contributed by atoms with Gasteiger partial charge in [0, 0.05) is 6.42 Å². The van der Waals surface area contributed by atoms with Gasteiger partial charge in [-0.1, -0.05) is 6.92 Å². The highest BCUT2D eigenvalue weighted by Crippen LogP contribution is 2.19. The van der Waals surface area contributed by atoms with Gasteiger partial charge in [0.15, 0.2) is 0 Å². The molecule has 0 atom stereocenters. The van der Waals surface area contributed by atoms with Crippen molar-refractivity contribution in [3.63, 3.8) is 0 Å². The minimum Gasteiger partial charge on any atom is -0.171 e. The molecule has 0 aliphatic rings. The van der Waals surface area contributed by atoms with E-state index in [1.807, 2.05) is 0 Å². The smallest absolute Gasteiger partial charge is 0.171 e. The van der Waals surface area contributed by atoms with Gasteiger partial charge in [-0.2, -0.15) is 13.2 Å². The SMILES string of the molecule is C[CH]CC(F)(F)F. The highest BCUT2D eigenvalue weighted by atomic mass is 19.4. The topological polar surface area (TPSA) is 0 Å². The molecule has 0 saturated carbocycles. The molecule has 0 saturated heterocycles. The Morgan fingerprint density at radius 2 is 1.86 bits per heavy atom. The van der Waals surface area contributed by atoms with Gasteiger partial charge in [0.05, 0.1) is 0 Å². The maximum atomic E-state index is 11.0. The van der Waals surface area contributed by atoms with Crippen LogP contribution in [0.3, 0.4) is 0 Å². The number of halogens is 3. The van der Waals surface area contributed by atoms with Crippen molar-refractivity contribution >= 4 is 0 Å².